The number of aromatic nitrogens is 1. The van der Waals surface area contributed by atoms with Gasteiger partial charge in [0.1, 0.15) is 0 Å². The van der Waals surface area contributed by atoms with Crippen molar-refractivity contribution < 1.29 is 0 Å². The molecule has 0 atom stereocenters. The van der Waals surface area contributed by atoms with Crippen LogP contribution in [0.4, 0.5) is 5.69 Å². The first-order chi connectivity index (χ1) is 8.74. The molecule has 1 aromatic heterocycles. The summed E-state index contributed by atoms with van der Waals surface area (Å²) in [4.78, 5) is 5.71. The van der Waals surface area contributed by atoms with Gasteiger partial charge in [-0.1, -0.05) is 12.8 Å². The predicted molar refractivity (Wildman–Crippen MR) is 79.0 cm³/mol. The van der Waals surface area contributed by atoms with Gasteiger partial charge in [-0.25, -0.2) is 0 Å². The van der Waals surface area contributed by atoms with Gasteiger partial charge < -0.3 is 5.73 Å². The molecule has 2 aromatic rings. The molecule has 0 aliphatic heterocycles. The summed E-state index contributed by atoms with van der Waals surface area (Å²) < 4.78 is 0. The lowest BCUT2D eigenvalue weighted by Gasteiger charge is -2.12. The predicted octanol–water partition coefficient (Wildman–Crippen LogP) is 4.16. The Morgan fingerprint density at radius 3 is 2.78 bits per heavy atom. The topological polar surface area (TPSA) is 38.9 Å². The van der Waals surface area contributed by atoms with Crippen molar-refractivity contribution in [2.24, 2.45) is 0 Å². The number of hydrogen-bond acceptors (Lipinski definition) is 3. The molecule has 2 nitrogen and oxygen atoms in total. The van der Waals surface area contributed by atoms with Gasteiger partial charge in [-0.05, 0) is 38.0 Å². The zero-order chi connectivity index (χ0) is 12.5. The number of nitrogens with zero attached hydrogens (tertiary/aromatic N) is 1. The van der Waals surface area contributed by atoms with Gasteiger partial charge >= 0.3 is 0 Å². The summed E-state index contributed by atoms with van der Waals surface area (Å²) in [6.07, 6.45) is 7.36. The first-order valence-corrected chi connectivity index (χ1v) is 7.43. The monoisotopic (exact) mass is 258 g/mol. The number of nitrogen functional groups attached to an aromatic ring is 1. The van der Waals surface area contributed by atoms with Crippen LogP contribution in [0.15, 0.2) is 29.3 Å². The lowest BCUT2D eigenvalue weighted by Crippen LogP contribution is -1.96. The highest BCUT2D eigenvalue weighted by Crippen LogP contribution is 2.39. The third-order valence-electron chi connectivity index (χ3n) is 3.63. The van der Waals surface area contributed by atoms with Gasteiger partial charge in [-0.3, -0.25) is 4.98 Å². The van der Waals surface area contributed by atoms with Gasteiger partial charge in [-0.15, -0.1) is 11.8 Å². The van der Waals surface area contributed by atoms with Gasteiger partial charge in [0.25, 0.3) is 0 Å². The smallest absolute Gasteiger partial charge is 0.0410 e. The Balaban J connectivity index is 2.05. The molecular formula is C15H18N2S. The van der Waals surface area contributed by atoms with Crippen LogP contribution in [0.5, 0.6) is 0 Å². The second-order valence-corrected chi connectivity index (χ2v) is 6.39. The number of rotatable bonds is 2. The van der Waals surface area contributed by atoms with Crippen LogP contribution in [0.1, 0.15) is 31.4 Å². The second-order valence-electron chi connectivity index (χ2n) is 5.05. The molecule has 2 N–H and O–H groups in total. The number of anilines is 1. The van der Waals surface area contributed by atoms with E-state index >= 15 is 0 Å². The van der Waals surface area contributed by atoms with Crippen molar-refractivity contribution >= 4 is 28.2 Å². The minimum atomic E-state index is 0.783. The SMILES string of the molecule is Cc1cc2c(SC3CCCC3)ccc(N)c2cn1. The third-order valence-corrected chi connectivity index (χ3v) is 5.04. The fourth-order valence-electron chi connectivity index (χ4n) is 2.63. The van der Waals surface area contributed by atoms with E-state index in [1.54, 1.807) is 0 Å². The van der Waals surface area contributed by atoms with Crippen molar-refractivity contribution in [2.75, 3.05) is 5.73 Å². The molecule has 1 fully saturated rings. The van der Waals surface area contributed by atoms with Crippen molar-refractivity contribution in [3.8, 4) is 0 Å². The van der Waals surface area contributed by atoms with E-state index in [0.717, 1.165) is 22.0 Å². The van der Waals surface area contributed by atoms with E-state index in [1.807, 2.05) is 30.9 Å². The highest BCUT2D eigenvalue weighted by atomic mass is 32.2. The fourth-order valence-corrected chi connectivity index (χ4v) is 4.00. The zero-order valence-electron chi connectivity index (χ0n) is 10.6. The summed E-state index contributed by atoms with van der Waals surface area (Å²) in [7, 11) is 0. The first kappa shape index (κ1) is 11.8. The summed E-state index contributed by atoms with van der Waals surface area (Å²) in [6, 6.07) is 6.33. The van der Waals surface area contributed by atoms with Crippen LogP contribution in [0, 0.1) is 6.92 Å². The van der Waals surface area contributed by atoms with Crippen LogP contribution >= 0.6 is 11.8 Å². The maximum Gasteiger partial charge on any atom is 0.0410 e. The van der Waals surface area contributed by atoms with Crippen molar-refractivity contribution in [1.82, 2.24) is 4.98 Å². The quantitative estimate of drug-likeness (QED) is 0.822. The summed E-state index contributed by atoms with van der Waals surface area (Å²) in [5.41, 5.74) is 7.92. The lowest BCUT2D eigenvalue weighted by atomic mass is 10.1. The third kappa shape index (κ3) is 2.19. The Bertz CT molecular complexity index is 574. The van der Waals surface area contributed by atoms with Gasteiger partial charge in [0.05, 0.1) is 0 Å². The maximum atomic E-state index is 6.03. The van der Waals surface area contributed by atoms with Crippen LogP contribution < -0.4 is 5.73 Å². The molecule has 0 bridgehead atoms. The van der Waals surface area contributed by atoms with Gasteiger partial charge in [0, 0.05) is 38.5 Å². The summed E-state index contributed by atoms with van der Waals surface area (Å²) >= 11 is 2.01. The number of benzene rings is 1. The fraction of sp³-hybridized carbons (Fsp3) is 0.400. The van der Waals surface area contributed by atoms with Crippen LogP contribution in [-0.4, -0.2) is 10.2 Å². The number of fused-ring (bicyclic) bond motifs is 1. The van der Waals surface area contributed by atoms with Crippen molar-refractivity contribution in [1.29, 1.82) is 0 Å². The Hall–Kier alpha value is -1.22. The second kappa shape index (κ2) is 4.81. The van der Waals surface area contributed by atoms with Crippen LogP contribution in [0.25, 0.3) is 10.8 Å². The Morgan fingerprint density at radius 2 is 2.00 bits per heavy atom. The standard InChI is InChI=1S/C15H18N2S/c1-10-8-12-13(9-17-10)14(16)6-7-15(12)18-11-4-2-3-5-11/h6-9,11H,2-5,16H2,1H3. The lowest BCUT2D eigenvalue weighted by molar-refractivity contribution is 0.886. The number of aryl methyl sites for hydroxylation is 1. The number of pyridine rings is 1. The molecule has 0 spiro atoms. The van der Waals surface area contributed by atoms with Crippen molar-refractivity contribution in [3.63, 3.8) is 0 Å². The first-order valence-electron chi connectivity index (χ1n) is 6.55. The van der Waals surface area contributed by atoms with E-state index in [-0.39, 0.29) is 0 Å². The minimum Gasteiger partial charge on any atom is -0.398 e. The Labute approximate surface area is 112 Å². The Morgan fingerprint density at radius 1 is 1.22 bits per heavy atom. The molecule has 3 heteroatoms. The van der Waals surface area contributed by atoms with E-state index in [0.29, 0.717) is 0 Å². The Kier molecular flexibility index (Phi) is 3.16. The molecule has 1 aliphatic rings. The van der Waals surface area contributed by atoms with E-state index in [4.69, 9.17) is 5.73 Å². The van der Waals surface area contributed by atoms with Crippen LogP contribution in [-0.2, 0) is 0 Å². The highest BCUT2D eigenvalue weighted by molar-refractivity contribution is 8.00. The normalized spacial score (nSPS) is 16.5. The zero-order valence-corrected chi connectivity index (χ0v) is 11.5. The van der Waals surface area contributed by atoms with Gasteiger partial charge in [-0.2, -0.15) is 0 Å². The molecule has 1 heterocycles. The van der Waals surface area contributed by atoms with Crippen LogP contribution in [0.2, 0.25) is 0 Å². The number of thioether (sulfide) groups is 1. The molecule has 1 aliphatic carbocycles. The molecule has 3 rings (SSSR count). The van der Waals surface area contributed by atoms with E-state index in [2.05, 4.69) is 17.1 Å². The summed E-state index contributed by atoms with van der Waals surface area (Å²) in [5.74, 6) is 0. The molecule has 1 saturated carbocycles. The number of hydrogen-bond donors (Lipinski definition) is 1. The summed E-state index contributed by atoms with van der Waals surface area (Å²) in [5, 5.41) is 3.13. The average Bonchev–Trinajstić information content (AvgIpc) is 2.86. The molecule has 0 unspecified atom stereocenters. The van der Waals surface area contributed by atoms with E-state index < -0.39 is 0 Å². The van der Waals surface area contributed by atoms with E-state index in [1.165, 1.54) is 36.0 Å². The van der Waals surface area contributed by atoms with E-state index in [9.17, 15) is 0 Å². The minimum absolute atomic E-state index is 0.783. The average molecular weight is 258 g/mol. The molecule has 94 valence electrons. The highest BCUT2D eigenvalue weighted by Gasteiger charge is 2.17. The molecular weight excluding hydrogens is 240 g/mol. The molecule has 0 radical (unpaired) electrons. The molecule has 1 aromatic carbocycles. The van der Waals surface area contributed by atoms with Crippen molar-refractivity contribution in [3.05, 3.63) is 30.1 Å². The molecule has 0 saturated heterocycles. The van der Waals surface area contributed by atoms with Crippen LogP contribution in [0.3, 0.4) is 0 Å². The largest absolute Gasteiger partial charge is 0.398 e. The number of nitrogens with two attached hydrogens (primary N) is 1. The molecule has 18 heavy (non-hydrogen) atoms. The van der Waals surface area contributed by atoms with Gasteiger partial charge in [0.15, 0.2) is 0 Å². The van der Waals surface area contributed by atoms with Crippen molar-refractivity contribution in [2.45, 2.75) is 42.8 Å². The molecule has 0 amide bonds. The van der Waals surface area contributed by atoms with Gasteiger partial charge in [0.2, 0.25) is 0 Å². The maximum absolute atomic E-state index is 6.03. The summed E-state index contributed by atoms with van der Waals surface area (Å²) in [6.45, 7) is 2.03.